The van der Waals surface area contributed by atoms with Gasteiger partial charge in [-0.15, -0.1) is 11.3 Å². The van der Waals surface area contributed by atoms with Crippen LogP contribution >= 0.6 is 11.3 Å². The molecule has 1 fully saturated rings. The summed E-state index contributed by atoms with van der Waals surface area (Å²) in [4.78, 5) is 13.2. The number of aliphatic hydroxyl groups is 1. The fourth-order valence-electron chi connectivity index (χ4n) is 1.97. The van der Waals surface area contributed by atoms with Crippen LogP contribution in [-0.2, 0) is 4.74 Å². The molecule has 0 spiro atoms. The summed E-state index contributed by atoms with van der Waals surface area (Å²) < 4.78 is 5.30. The Labute approximate surface area is 109 Å². The molecule has 1 aromatic rings. The molecule has 0 bridgehead atoms. The van der Waals surface area contributed by atoms with Crippen molar-refractivity contribution in [3.05, 3.63) is 21.1 Å². The Morgan fingerprint density at radius 1 is 1.72 bits per heavy atom. The average Bonchev–Trinajstić information content (AvgIpc) is 2.97. The van der Waals surface area contributed by atoms with E-state index in [4.69, 9.17) is 4.74 Å². The van der Waals surface area contributed by atoms with Crippen molar-refractivity contribution in [2.24, 2.45) is 0 Å². The first-order valence-electron chi connectivity index (χ1n) is 5.77. The minimum absolute atomic E-state index is 0.0605. The van der Waals surface area contributed by atoms with Gasteiger partial charge < -0.3 is 14.7 Å². The molecule has 1 aliphatic heterocycles. The van der Waals surface area contributed by atoms with Crippen LogP contribution in [0.15, 0.2) is 6.07 Å². The predicted octanol–water partition coefficient (Wildman–Crippen LogP) is 1.93. The zero-order chi connectivity index (χ0) is 13.3. The second-order valence-corrected chi connectivity index (χ2v) is 5.46. The summed E-state index contributed by atoms with van der Waals surface area (Å²) in [6.07, 6.45) is 0.186. The average molecular weight is 272 g/mol. The number of hydrogen-bond donors (Lipinski definition) is 1. The summed E-state index contributed by atoms with van der Waals surface area (Å²) in [6.45, 7) is 2.89. The smallest absolute Gasteiger partial charge is 0.304 e. The molecule has 1 saturated heterocycles. The van der Waals surface area contributed by atoms with E-state index in [0.717, 1.165) is 6.42 Å². The lowest BCUT2D eigenvalue weighted by Gasteiger charge is -2.22. The van der Waals surface area contributed by atoms with Gasteiger partial charge in [-0.2, -0.15) is 0 Å². The molecule has 2 atom stereocenters. The van der Waals surface area contributed by atoms with Crippen LogP contribution in [-0.4, -0.2) is 36.3 Å². The van der Waals surface area contributed by atoms with Crippen LogP contribution in [0.3, 0.4) is 0 Å². The SMILES string of the molecule is C[C@H](O)c1cc([N+](=O)[O-])c(N(C)C2CCOC2)s1. The number of rotatable bonds is 4. The van der Waals surface area contributed by atoms with Crippen LogP contribution in [0, 0.1) is 10.1 Å². The van der Waals surface area contributed by atoms with E-state index >= 15 is 0 Å². The molecule has 1 N–H and O–H groups in total. The van der Waals surface area contributed by atoms with Crippen molar-refractivity contribution in [2.45, 2.75) is 25.5 Å². The molecule has 2 rings (SSSR count). The molecule has 2 heterocycles. The summed E-state index contributed by atoms with van der Waals surface area (Å²) in [5.74, 6) is 0. The molecule has 6 nitrogen and oxygen atoms in total. The Bertz CT molecular complexity index is 440. The molecule has 7 heteroatoms. The zero-order valence-corrected chi connectivity index (χ0v) is 11.1. The Kier molecular flexibility index (Phi) is 3.84. The van der Waals surface area contributed by atoms with Gasteiger partial charge in [-0.25, -0.2) is 0 Å². The van der Waals surface area contributed by atoms with Gasteiger partial charge in [-0.3, -0.25) is 10.1 Å². The second-order valence-electron chi connectivity index (χ2n) is 4.40. The van der Waals surface area contributed by atoms with Gasteiger partial charge in [0.25, 0.3) is 0 Å². The Morgan fingerprint density at radius 2 is 2.44 bits per heavy atom. The molecular formula is C11H16N2O4S. The number of likely N-dealkylation sites (N-methyl/N-ethyl adjacent to an activating group) is 1. The van der Waals surface area contributed by atoms with Crippen molar-refractivity contribution in [1.29, 1.82) is 0 Å². The summed E-state index contributed by atoms with van der Waals surface area (Å²) in [7, 11) is 1.84. The van der Waals surface area contributed by atoms with E-state index in [0.29, 0.717) is 23.1 Å². The molecule has 1 aliphatic rings. The minimum atomic E-state index is -0.685. The molecule has 100 valence electrons. The summed E-state index contributed by atoms with van der Waals surface area (Å²) in [5.41, 5.74) is 0.0605. The highest BCUT2D eigenvalue weighted by atomic mass is 32.1. The highest BCUT2D eigenvalue weighted by Crippen LogP contribution is 2.40. The van der Waals surface area contributed by atoms with E-state index in [1.54, 1.807) is 6.92 Å². The van der Waals surface area contributed by atoms with Crippen molar-refractivity contribution in [2.75, 3.05) is 25.2 Å². The monoisotopic (exact) mass is 272 g/mol. The van der Waals surface area contributed by atoms with E-state index in [1.807, 2.05) is 11.9 Å². The van der Waals surface area contributed by atoms with Gasteiger partial charge in [0.2, 0.25) is 0 Å². The zero-order valence-electron chi connectivity index (χ0n) is 10.3. The molecule has 0 amide bonds. The van der Waals surface area contributed by atoms with Crippen molar-refractivity contribution < 1.29 is 14.8 Å². The number of ether oxygens (including phenoxy) is 1. The van der Waals surface area contributed by atoms with Gasteiger partial charge >= 0.3 is 5.69 Å². The van der Waals surface area contributed by atoms with Crippen molar-refractivity contribution in [1.82, 2.24) is 0 Å². The topological polar surface area (TPSA) is 75.8 Å². The van der Waals surface area contributed by atoms with Gasteiger partial charge in [0.05, 0.1) is 23.7 Å². The maximum atomic E-state index is 11.0. The molecule has 1 unspecified atom stereocenters. The van der Waals surface area contributed by atoms with Crippen LogP contribution in [0.4, 0.5) is 10.7 Å². The first kappa shape index (κ1) is 13.3. The fraction of sp³-hybridized carbons (Fsp3) is 0.636. The van der Waals surface area contributed by atoms with Gasteiger partial charge in [0.1, 0.15) is 0 Å². The van der Waals surface area contributed by atoms with Gasteiger partial charge in [0.15, 0.2) is 5.00 Å². The largest absolute Gasteiger partial charge is 0.388 e. The van der Waals surface area contributed by atoms with Gasteiger partial charge in [-0.05, 0) is 13.3 Å². The highest BCUT2D eigenvalue weighted by molar-refractivity contribution is 7.16. The number of hydrogen-bond acceptors (Lipinski definition) is 6. The van der Waals surface area contributed by atoms with Crippen LogP contribution in [0.1, 0.15) is 24.3 Å². The quantitative estimate of drug-likeness (QED) is 0.669. The number of nitro groups is 1. The van der Waals surface area contributed by atoms with Crippen LogP contribution in [0.2, 0.25) is 0 Å². The summed E-state index contributed by atoms with van der Waals surface area (Å²) >= 11 is 1.27. The lowest BCUT2D eigenvalue weighted by molar-refractivity contribution is -0.383. The van der Waals surface area contributed by atoms with Gasteiger partial charge in [0, 0.05) is 24.6 Å². The first-order chi connectivity index (χ1) is 8.50. The van der Waals surface area contributed by atoms with E-state index < -0.39 is 11.0 Å². The minimum Gasteiger partial charge on any atom is -0.388 e. The maximum absolute atomic E-state index is 11.0. The predicted molar refractivity (Wildman–Crippen MR) is 69.2 cm³/mol. The normalized spacial score (nSPS) is 20.9. The first-order valence-corrected chi connectivity index (χ1v) is 6.59. The number of thiophene rings is 1. The second kappa shape index (κ2) is 5.21. The Balaban J connectivity index is 2.32. The Hall–Kier alpha value is -1.18. The highest BCUT2D eigenvalue weighted by Gasteiger charge is 2.29. The lowest BCUT2D eigenvalue weighted by atomic mass is 10.2. The van der Waals surface area contributed by atoms with E-state index in [9.17, 15) is 15.2 Å². The molecule has 18 heavy (non-hydrogen) atoms. The van der Waals surface area contributed by atoms with E-state index in [1.165, 1.54) is 17.4 Å². The van der Waals surface area contributed by atoms with Crippen LogP contribution < -0.4 is 4.90 Å². The van der Waals surface area contributed by atoms with Gasteiger partial charge in [-0.1, -0.05) is 0 Å². The number of anilines is 1. The third-order valence-corrected chi connectivity index (χ3v) is 4.48. The fourth-order valence-corrected chi connectivity index (χ4v) is 3.07. The lowest BCUT2D eigenvalue weighted by Crippen LogP contribution is -2.31. The van der Waals surface area contributed by atoms with Crippen LogP contribution in [0.25, 0.3) is 0 Å². The molecule has 0 aliphatic carbocycles. The molecule has 0 aromatic carbocycles. The third-order valence-electron chi connectivity index (χ3n) is 3.09. The number of nitrogens with zero attached hydrogens (tertiary/aromatic N) is 2. The van der Waals surface area contributed by atoms with E-state index in [2.05, 4.69) is 0 Å². The Morgan fingerprint density at radius 3 is 2.94 bits per heavy atom. The van der Waals surface area contributed by atoms with Crippen molar-refractivity contribution in [3.63, 3.8) is 0 Å². The third kappa shape index (κ3) is 2.47. The molecule has 1 aromatic heterocycles. The number of aliphatic hydroxyl groups excluding tert-OH is 1. The summed E-state index contributed by atoms with van der Waals surface area (Å²) in [6, 6.07) is 1.63. The standard InChI is InChI=1S/C11H16N2O4S/c1-7(14)10-5-9(13(15)16)11(18-10)12(2)8-3-4-17-6-8/h5,7-8,14H,3-4,6H2,1-2H3/t7-,8?/m0/s1. The van der Waals surface area contributed by atoms with Crippen molar-refractivity contribution >= 4 is 22.0 Å². The van der Waals surface area contributed by atoms with Crippen molar-refractivity contribution in [3.8, 4) is 0 Å². The molecule has 0 radical (unpaired) electrons. The molecular weight excluding hydrogens is 256 g/mol. The van der Waals surface area contributed by atoms with E-state index in [-0.39, 0.29) is 11.7 Å². The van der Waals surface area contributed by atoms with Crippen LogP contribution in [0.5, 0.6) is 0 Å². The molecule has 0 saturated carbocycles. The maximum Gasteiger partial charge on any atom is 0.304 e. The summed E-state index contributed by atoms with van der Waals surface area (Å²) in [5, 5.41) is 21.2.